The quantitative estimate of drug-likeness (QED) is 0.637. The van der Waals surface area contributed by atoms with E-state index in [1.54, 1.807) is 11.3 Å². The monoisotopic (exact) mass is 358 g/mol. The number of rotatable bonds is 7. The number of benzene rings is 1. The van der Waals surface area contributed by atoms with Crippen molar-refractivity contribution in [2.75, 3.05) is 5.75 Å². The zero-order chi connectivity index (χ0) is 16.8. The molecule has 5 nitrogen and oxygen atoms in total. The smallest absolute Gasteiger partial charge is 0.230 e. The fourth-order valence-electron chi connectivity index (χ4n) is 2.09. The van der Waals surface area contributed by atoms with Gasteiger partial charge in [0.15, 0.2) is 0 Å². The highest BCUT2D eigenvalue weighted by Gasteiger charge is 2.08. The average molecular weight is 358 g/mol. The lowest BCUT2D eigenvalue weighted by molar-refractivity contribution is -0.118. The van der Waals surface area contributed by atoms with E-state index >= 15 is 0 Å². The van der Waals surface area contributed by atoms with Crippen LogP contribution in [0.5, 0.6) is 0 Å². The summed E-state index contributed by atoms with van der Waals surface area (Å²) < 4.78 is 0. The standard InChI is InChI=1S/C17H18N4OS2/c1-12-4-6-13(7-5-12)10-18-16(22)11-24-17-19-15(20-21-17)9-14-3-2-8-23-14/h2-8H,9-11H2,1H3,(H,18,22)(H,19,20,21). The van der Waals surface area contributed by atoms with Gasteiger partial charge in [-0.3, -0.25) is 9.89 Å². The number of nitrogens with zero attached hydrogens (tertiary/aromatic N) is 2. The van der Waals surface area contributed by atoms with Crippen molar-refractivity contribution in [1.29, 1.82) is 0 Å². The van der Waals surface area contributed by atoms with Gasteiger partial charge in [0.05, 0.1) is 5.75 Å². The first-order chi connectivity index (χ1) is 11.7. The third-order valence-electron chi connectivity index (χ3n) is 3.38. The number of carbonyl (C=O) groups excluding carboxylic acids is 1. The van der Waals surface area contributed by atoms with Gasteiger partial charge in [0.1, 0.15) is 5.82 Å². The summed E-state index contributed by atoms with van der Waals surface area (Å²) in [4.78, 5) is 17.6. The first-order valence-corrected chi connectivity index (χ1v) is 9.44. The number of nitrogens with one attached hydrogen (secondary N) is 2. The van der Waals surface area contributed by atoms with Gasteiger partial charge >= 0.3 is 0 Å². The van der Waals surface area contributed by atoms with Gasteiger partial charge in [0, 0.05) is 17.8 Å². The van der Waals surface area contributed by atoms with Crippen molar-refractivity contribution in [2.45, 2.75) is 25.0 Å². The maximum absolute atomic E-state index is 11.9. The van der Waals surface area contributed by atoms with Crippen LogP contribution in [0.15, 0.2) is 46.9 Å². The lowest BCUT2D eigenvalue weighted by atomic mass is 10.1. The molecule has 124 valence electrons. The van der Waals surface area contributed by atoms with Gasteiger partial charge in [-0.15, -0.1) is 16.4 Å². The summed E-state index contributed by atoms with van der Waals surface area (Å²) in [5.41, 5.74) is 2.30. The fourth-order valence-corrected chi connectivity index (χ4v) is 3.44. The molecule has 0 bridgehead atoms. The summed E-state index contributed by atoms with van der Waals surface area (Å²) in [5, 5.41) is 12.6. The number of hydrogen-bond donors (Lipinski definition) is 2. The Hall–Kier alpha value is -2.12. The van der Waals surface area contributed by atoms with E-state index < -0.39 is 0 Å². The Balaban J connectivity index is 1.42. The number of thiophene rings is 1. The predicted octanol–water partition coefficient (Wildman–Crippen LogP) is 3.17. The van der Waals surface area contributed by atoms with Crippen LogP contribution in [0.25, 0.3) is 0 Å². The lowest BCUT2D eigenvalue weighted by Crippen LogP contribution is -2.24. The van der Waals surface area contributed by atoms with E-state index in [1.165, 1.54) is 22.2 Å². The molecule has 0 saturated heterocycles. The number of carbonyl (C=O) groups is 1. The zero-order valence-corrected chi connectivity index (χ0v) is 14.9. The first kappa shape index (κ1) is 16.7. The van der Waals surface area contributed by atoms with Crippen LogP contribution >= 0.6 is 23.1 Å². The number of aryl methyl sites for hydroxylation is 1. The van der Waals surface area contributed by atoms with Gasteiger partial charge < -0.3 is 5.32 Å². The Bertz CT molecular complexity index is 781. The Kier molecular flexibility index (Phi) is 5.66. The Morgan fingerprint density at radius 3 is 2.88 bits per heavy atom. The second-order valence-corrected chi connectivity index (χ2v) is 7.35. The number of aromatic nitrogens is 3. The fraction of sp³-hybridized carbons (Fsp3) is 0.235. The van der Waals surface area contributed by atoms with Crippen LogP contribution in [-0.2, 0) is 17.8 Å². The molecule has 2 aromatic heterocycles. The molecule has 0 unspecified atom stereocenters. The minimum atomic E-state index is -0.0230. The van der Waals surface area contributed by atoms with Crippen LogP contribution in [0.4, 0.5) is 0 Å². The zero-order valence-electron chi connectivity index (χ0n) is 13.3. The van der Waals surface area contributed by atoms with E-state index in [1.807, 2.05) is 42.6 Å². The maximum atomic E-state index is 11.9. The van der Waals surface area contributed by atoms with E-state index in [-0.39, 0.29) is 5.91 Å². The molecular weight excluding hydrogens is 340 g/mol. The Labute approximate surface area is 148 Å². The van der Waals surface area contributed by atoms with Crippen LogP contribution in [0, 0.1) is 6.92 Å². The third kappa shape index (κ3) is 4.94. The number of aromatic amines is 1. The van der Waals surface area contributed by atoms with Crippen LogP contribution in [-0.4, -0.2) is 26.8 Å². The number of thioether (sulfide) groups is 1. The van der Waals surface area contributed by atoms with Gasteiger partial charge in [-0.1, -0.05) is 47.7 Å². The molecule has 0 spiro atoms. The highest BCUT2D eigenvalue weighted by molar-refractivity contribution is 7.99. The minimum absolute atomic E-state index is 0.0230. The first-order valence-electron chi connectivity index (χ1n) is 7.58. The molecule has 0 fully saturated rings. The van der Waals surface area contributed by atoms with E-state index in [0.29, 0.717) is 17.5 Å². The number of hydrogen-bond acceptors (Lipinski definition) is 5. The maximum Gasteiger partial charge on any atom is 0.230 e. The molecule has 2 N–H and O–H groups in total. The molecule has 0 radical (unpaired) electrons. The molecule has 24 heavy (non-hydrogen) atoms. The summed E-state index contributed by atoms with van der Waals surface area (Å²) in [6.45, 7) is 2.58. The van der Waals surface area contributed by atoms with Crippen molar-refractivity contribution < 1.29 is 4.79 Å². The number of H-pyrrole nitrogens is 1. The van der Waals surface area contributed by atoms with Crippen molar-refractivity contribution >= 4 is 29.0 Å². The average Bonchev–Trinajstić information content (AvgIpc) is 3.25. The molecular formula is C17H18N4OS2. The molecule has 0 saturated carbocycles. The number of amides is 1. The van der Waals surface area contributed by atoms with E-state index in [0.717, 1.165) is 17.8 Å². The molecule has 7 heteroatoms. The van der Waals surface area contributed by atoms with Gasteiger partial charge in [-0.25, -0.2) is 4.98 Å². The summed E-state index contributed by atoms with van der Waals surface area (Å²) in [6, 6.07) is 12.2. The van der Waals surface area contributed by atoms with Crippen LogP contribution < -0.4 is 5.32 Å². The SMILES string of the molecule is Cc1ccc(CNC(=O)CSc2n[nH]c(Cc3cccs3)n2)cc1. The highest BCUT2D eigenvalue weighted by Crippen LogP contribution is 2.16. The van der Waals surface area contributed by atoms with Crippen LogP contribution in [0.1, 0.15) is 21.8 Å². The summed E-state index contributed by atoms with van der Waals surface area (Å²) in [5.74, 6) is 1.10. The molecule has 0 aliphatic carbocycles. The molecule has 2 heterocycles. The normalized spacial score (nSPS) is 10.7. The molecule has 1 amide bonds. The second kappa shape index (κ2) is 8.12. The van der Waals surface area contributed by atoms with E-state index in [4.69, 9.17) is 0 Å². The molecule has 3 rings (SSSR count). The van der Waals surface area contributed by atoms with Crippen LogP contribution in [0.3, 0.4) is 0 Å². The highest BCUT2D eigenvalue weighted by atomic mass is 32.2. The van der Waals surface area contributed by atoms with Crippen molar-refractivity contribution in [3.8, 4) is 0 Å². The Morgan fingerprint density at radius 2 is 2.12 bits per heavy atom. The topological polar surface area (TPSA) is 70.7 Å². The van der Waals surface area contributed by atoms with Crippen LogP contribution in [0.2, 0.25) is 0 Å². The molecule has 0 atom stereocenters. The van der Waals surface area contributed by atoms with Crippen molar-refractivity contribution in [2.24, 2.45) is 0 Å². The molecule has 0 aliphatic rings. The van der Waals surface area contributed by atoms with Crippen molar-refractivity contribution in [1.82, 2.24) is 20.5 Å². The van der Waals surface area contributed by atoms with Crippen molar-refractivity contribution in [3.05, 3.63) is 63.6 Å². The van der Waals surface area contributed by atoms with E-state index in [9.17, 15) is 4.79 Å². The van der Waals surface area contributed by atoms with Gasteiger partial charge in [0.25, 0.3) is 0 Å². The minimum Gasteiger partial charge on any atom is -0.351 e. The molecule has 3 aromatic rings. The summed E-state index contributed by atoms with van der Waals surface area (Å²) >= 11 is 3.03. The second-order valence-electron chi connectivity index (χ2n) is 5.37. The summed E-state index contributed by atoms with van der Waals surface area (Å²) in [6.07, 6.45) is 0.741. The van der Waals surface area contributed by atoms with Gasteiger partial charge in [-0.2, -0.15) is 0 Å². The third-order valence-corrected chi connectivity index (χ3v) is 5.10. The molecule has 1 aromatic carbocycles. The summed E-state index contributed by atoms with van der Waals surface area (Å²) in [7, 11) is 0. The van der Waals surface area contributed by atoms with E-state index in [2.05, 4.69) is 26.6 Å². The molecule has 0 aliphatic heterocycles. The van der Waals surface area contributed by atoms with Gasteiger partial charge in [-0.05, 0) is 23.9 Å². The van der Waals surface area contributed by atoms with Gasteiger partial charge in [0.2, 0.25) is 11.1 Å². The largest absolute Gasteiger partial charge is 0.351 e. The van der Waals surface area contributed by atoms with Crippen molar-refractivity contribution in [3.63, 3.8) is 0 Å². The predicted molar refractivity (Wildman–Crippen MR) is 97.3 cm³/mol. The Morgan fingerprint density at radius 1 is 1.29 bits per heavy atom. The lowest BCUT2D eigenvalue weighted by Gasteiger charge is -2.04.